The van der Waals surface area contributed by atoms with Crippen LogP contribution in [0.15, 0.2) is 12.1 Å². The number of fused-ring (bicyclic) bond motifs is 1. The highest BCUT2D eigenvalue weighted by molar-refractivity contribution is 5.74. The number of halogens is 2. The summed E-state index contributed by atoms with van der Waals surface area (Å²) in [4.78, 5) is 2.01. The van der Waals surface area contributed by atoms with Gasteiger partial charge in [-0.25, -0.2) is 8.78 Å². The number of benzene rings is 1. The Labute approximate surface area is 99.6 Å². The van der Waals surface area contributed by atoms with Gasteiger partial charge >= 0.3 is 0 Å². The summed E-state index contributed by atoms with van der Waals surface area (Å²) in [5.74, 6) is -0.995. The third kappa shape index (κ3) is 1.50. The zero-order chi connectivity index (χ0) is 12.0. The molecule has 17 heavy (non-hydrogen) atoms. The molecule has 0 unspecified atom stereocenters. The average Bonchev–Trinajstić information content (AvgIpc) is 2.73. The van der Waals surface area contributed by atoms with Crippen LogP contribution in [0.2, 0.25) is 0 Å². The molecular formula is C13H16F2N2. The number of nitrogens with one attached hydrogen (secondary N) is 1. The van der Waals surface area contributed by atoms with E-state index in [1.807, 2.05) is 11.9 Å². The molecule has 1 aromatic rings. The third-order valence-electron chi connectivity index (χ3n) is 4.22. The zero-order valence-corrected chi connectivity index (χ0v) is 9.89. The van der Waals surface area contributed by atoms with Crippen molar-refractivity contribution in [1.82, 2.24) is 0 Å². The van der Waals surface area contributed by atoms with Crippen molar-refractivity contribution >= 4 is 11.4 Å². The normalized spacial score (nSPS) is 21.5. The lowest BCUT2D eigenvalue weighted by Gasteiger charge is -2.45. The van der Waals surface area contributed by atoms with Gasteiger partial charge in [0.1, 0.15) is 5.82 Å². The maximum Gasteiger partial charge on any atom is 0.151 e. The standard InChI is InChI=1S/C13H16F2N2/c1-17-12-10(15)6-9(14)7-11(12)16-8-13(17)4-2-3-5-13/h6-7,16H,2-5,8H2,1H3. The summed E-state index contributed by atoms with van der Waals surface area (Å²) >= 11 is 0. The molecule has 0 atom stereocenters. The van der Waals surface area contributed by atoms with E-state index in [0.717, 1.165) is 25.5 Å². The van der Waals surface area contributed by atoms with E-state index in [0.29, 0.717) is 11.4 Å². The molecule has 1 N–H and O–H groups in total. The SMILES string of the molecule is CN1c2c(F)cc(F)cc2NCC12CCCC2. The highest BCUT2D eigenvalue weighted by Gasteiger charge is 2.42. The molecule has 1 saturated carbocycles. The highest BCUT2D eigenvalue weighted by atomic mass is 19.1. The quantitative estimate of drug-likeness (QED) is 0.747. The summed E-state index contributed by atoms with van der Waals surface area (Å²) < 4.78 is 27.1. The summed E-state index contributed by atoms with van der Waals surface area (Å²) in [5, 5.41) is 3.19. The summed E-state index contributed by atoms with van der Waals surface area (Å²) in [6.45, 7) is 0.777. The molecule has 1 aromatic carbocycles. The van der Waals surface area contributed by atoms with Crippen LogP contribution in [0.1, 0.15) is 25.7 Å². The van der Waals surface area contributed by atoms with Crippen molar-refractivity contribution in [2.45, 2.75) is 31.2 Å². The molecule has 0 bridgehead atoms. The molecule has 3 rings (SSSR count). The van der Waals surface area contributed by atoms with Crippen LogP contribution in [0.25, 0.3) is 0 Å². The molecule has 92 valence electrons. The first-order valence-corrected chi connectivity index (χ1v) is 6.09. The maximum atomic E-state index is 13.9. The van der Waals surface area contributed by atoms with Crippen LogP contribution in [-0.2, 0) is 0 Å². The van der Waals surface area contributed by atoms with Crippen LogP contribution < -0.4 is 10.2 Å². The first kappa shape index (κ1) is 10.8. The van der Waals surface area contributed by atoms with Gasteiger partial charge in [0.2, 0.25) is 0 Å². The Morgan fingerprint density at radius 2 is 1.94 bits per heavy atom. The molecule has 1 aliphatic carbocycles. The van der Waals surface area contributed by atoms with Crippen LogP contribution >= 0.6 is 0 Å². The first-order chi connectivity index (χ1) is 8.12. The van der Waals surface area contributed by atoms with E-state index >= 15 is 0 Å². The molecule has 2 nitrogen and oxygen atoms in total. The Balaban J connectivity index is 2.08. The van der Waals surface area contributed by atoms with E-state index in [1.165, 1.54) is 18.9 Å². The van der Waals surface area contributed by atoms with Crippen LogP contribution in [0.5, 0.6) is 0 Å². The van der Waals surface area contributed by atoms with Crippen molar-refractivity contribution in [2.75, 3.05) is 23.8 Å². The predicted molar refractivity (Wildman–Crippen MR) is 64.4 cm³/mol. The van der Waals surface area contributed by atoms with Gasteiger partial charge in [0.05, 0.1) is 16.9 Å². The van der Waals surface area contributed by atoms with Crippen molar-refractivity contribution in [3.05, 3.63) is 23.8 Å². The maximum absolute atomic E-state index is 13.9. The van der Waals surface area contributed by atoms with E-state index in [4.69, 9.17) is 0 Å². The fraction of sp³-hybridized carbons (Fsp3) is 0.538. The Kier molecular flexibility index (Phi) is 2.28. The lowest BCUT2D eigenvalue weighted by Crippen LogP contribution is -2.53. The number of rotatable bonds is 0. The van der Waals surface area contributed by atoms with Crippen LogP contribution in [0, 0.1) is 11.6 Å². The van der Waals surface area contributed by atoms with Gasteiger partial charge in [0.15, 0.2) is 5.82 Å². The molecule has 0 amide bonds. The van der Waals surface area contributed by atoms with Crippen LogP contribution in [0.4, 0.5) is 20.2 Å². The van der Waals surface area contributed by atoms with E-state index in [2.05, 4.69) is 5.32 Å². The Morgan fingerprint density at radius 3 is 2.65 bits per heavy atom. The first-order valence-electron chi connectivity index (χ1n) is 6.09. The lowest BCUT2D eigenvalue weighted by molar-refractivity contribution is 0.420. The largest absolute Gasteiger partial charge is 0.381 e. The van der Waals surface area contributed by atoms with Gasteiger partial charge in [-0.2, -0.15) is 0 Å². The van der Waals surface area contributed by atoms with Gasteiger partial charge in [-0.3, -0.25) is 0 Å². The predicted octanol–water partition coefficient (Wildman–Crippen LogP) is 3.14. The third-order valence-corrected chi connectivity index (χ3v) is 4.22. The zero-order valence-electron chi connectivity index (χ0n) is 9.89. The van der Waals surface area contributed by atoms with Gasteiger partial charge in [-0.15, -0.1) is 0 Å². The minimum absolute atomic E-state index is 0.0195. The van der Waals surface area contributed by atoms with Gasteiger partial charge in [0.25, 0.3) is 0 Å². The van der Waals surface area contributed by atoms with E-state index in [9.17, 15) is 8.78 Å². The molecule has 1 heterocycles. The topological polar surface area (TPSA) is 15.3 Å². The van der Waals surface area contributed by atoms with Gasteiger partial charge in [-0.1, -0.05) is 12.8 Å². The van der Waals surface area contributed by atoms with Crippen molar-refractivity contribution < 1.29 is 8.78 Å². The van der Waals surface area contributed by atoms with Crippen molar-refractivity contribution in [3.8, 4) is 0 Å². The van der Waals surface area contributed by atoms with E-state index in [1.54, 1.807) is 0 Å². The summed E-state index contributed by atoms with van der Waals surface area (Å²) in [6, 6.07) is 2.34. The number of nitrogens with zero attached hydrogens (tertiary/aromatic N) is 1. The van der Waals surface area contributed by atoms with Gasteiger partial charge in [0, 0.05) is 19.7 Å². The Hall–Kier alpha value is -1.32. The molecule has 0 aromatic heterocycles. The minimum atomic E-state index is -0.524. The molecule has 0 saturated heterocycles. The summed E-state index contributed by atoms with van der Waals surface area (Å²) in [5.41, 5.74) is 1.10. The fourth-order valence-electron chi connectivity index (χ4n) is 3.20. The number of anilines is 2. The van der Waals surface area contributed by atoms with E-state index in [-0.39, 0.29) is 5.54 Å². The average molecular weight is 238 g/mol. The Morgan fingerprint density at radius 1 is 1.24 bits per heavy atom. The molecule has 1 aliphatic heterocycles. The van der Waals surface area contributed by atoms with Gasteiger partial charge < -0.3 is 10.2 Å². The highest BCUT2D eigenvalue weighted by Crippen LogP contribution is 2.44. The molecule has 1 fully saturated rings. The second-order valence-electron chi connectivity index (χ2n) is 5.13. The monoisotopic (exact) mass is 238 g/mol. The number of hydrogen-bond donors (Lipinski definition) is 1. The van der Waals surface area contributed by atoms with Gasteiger partial charge in [-0.05, 0) is 18.9 Å². The molecule has 4 heteroatoms. The minimum Gasteiger partial charge on any atom is -0.381 e. The second kappa shape index (κ2) is 3.59. The number of hydrogen-bond acceptors (Lipinski definition) is 2. The second-order valence-corrected chi connectivity index (χ2v) is 5.13. The smallest absolute Gasteiger partial charge is 0.151 e. The number of likely N-dealkylation sites (N-methyl/N-ethyl adjacent to an activating group) is 1. The molecular weight excluding hydrogens is 222 g/mol. The lowest BCUT2D eigenvalue weighted by atomic mass is 9.91. The summed E-state index contributed by atoms with van der Waals surface area (Å²) in [6.07, 6.45) is 4.52. The van der Waals surface area contributed by atoms with Crippen molar-refractivity contribution in [2.24, 2.45) is 0 Å². The van der Waals surface area contributed by atoms with Crippen LogP contribution in [-0.4, -0.2) is 19.1 Å². The molecule has 0 radical (unpaired) electrons. The fourth-order valence-corrected chi connectivity index (χ4v) is 3.20. The summed E-state index contributed by atoms with van der Waals surface area (Å²) in [7, 11) is 1.92. The van der Waals surface area contributed by atoms with Crippen LogP contribution in [0.3, 0.4) is 0 Å². The van der Waals surface area contributed by atoms with Crippen molar-refractivity contribution in [3.63, 3.8) is 0 Å². The van der Waals surface area contributed by atoms with Crippen molar-refractivity contribution in [1.29, 1.82) is 0 Å². The Bertz CT molecular complexity index is 453. The van der Waals surface area contributed by atoms with E-state index < -0.39 is 11.6 Å². The molecule has 2 aliphatic rings. The molecule has 1 spiro atoms.